The lowest BCUT2D eigenvalue weighted by molar-refractivity contribution is 0.664. The van der Waals surface area contributed by atoms with Gasteiger partial charge in [0, 0.05) is 6.04 Å². The van der Waals surface area contributed by atoms with Crippen molar-refractivity contribution in [3.63, 3.8) is 0 Å². The van der Waals surface area contributed by atoms with Crippen LogP contribution in [0.4, 0.5) is 0 Å². The van der Waals surface area contributed by atoms with E-state index in [-0.39, 0.29) is 0 Å². The number of imidazole rings is 1. The Bertz CT molecular complexity index is 372. The molecule has 15 heavy (non-hydrogen) atoms. The Balaban J connectivity index is 0.000000124. The van der Waals surface area contributed by atoms with Crippen molar-refractivity contribution in [1.29, 1.82) is 0 Å². The number of hydrogen-bond donors (Lipinski definition) is 2. The standard InChI is InChI=1S/C7H6N2.C5H11N/c1-2-4-7-6(3-1)8-5-9-7;1-5-3-2-4-6-5/h1-5H,(H,8,9);5-6H,2-4H2,1H3/t;5-/m.1/s1. The highest BCUT2D eigenvalue weighted by Gasteiger charge is 2.05. The van der Waals surface area contributed by atoms with E-state index in [0.29, 0.717) is 0 Å². The van der Waals surface area contributed by atoms with Gasteiger partial charge in [-0.05, 0) is 38.4 Å². The van der Waals surface area contributed by atoms with Crippen LogP contribution in [0.2, 0.25) is 0 Å². The van der Waals surface area contributed by atoms with E-state index in [1.54, 1.807) is 6.33 Å². The predicted octanol–water partition coefficient (Wildman–Crippen LogP) is 2.32. The van der Waals surface area contributed by atoms with Crippen LogP contribution in [0.5, 0.6) is 0 Å². The van der Waals surface area contributed by atoms with Crippen molar-refractivity contribution in [1.82, 2.24) is 15.3 Å². The van der Waals surface area contributed by atoms with Gasteiger partial charge in [-0.15, -0.1) is 0 Å². The molecule has 1 saturated heterocycles. The minimum absolute atomic E-state index is 0.796. The third-order valence-corrected chi connectivity index (χ3v) is 2.63. The number of nitrogens with one attached hydrogen (secondary N) is 2. The molecule has 0 aliphatic carbocycles. The highest BCUT2D eigenvalue weighted by molar-refractivity contribution is 5.73. The summed E-state index contributed by atoms with van der Waals surface area (Å²) in [4.78, 5) is 7.07. The van der Waals surface area contributed by atoms with E-state index in [2.05, 4.69) is 22.2 Å². The van der Waals surface area contributed by atoms with Crippen molar-refractivity contribution in [2.75, 3.05) is 6.54 Å². The van der Waals surface area contributed by atoms with Gasteiger partial charge in [-0.2, -0.15) is 0 Å². The first-order chi connectivity index (χ1) is 7.36. The van der Waals surface area contributed by atoms with Crippen LogP contribution in [0.3, 0.4) is 0 Å². The van der Waals surface area contributed by atoms with Crippen molar-refractivity contribution in [3.05, 3.63) is 30.6 Å². The van der Waals surface area contributed by atoms with E-state index in [1.807, 2.05) is 24.3 Å². The maximum atomic E-state index is 4.06. The van der Waals surface area contributed by atoms with E-state index >= 15 is 0 Å². The van der Waals surface area contributed by atoms with Gasteiger partial charge in [0.2, 0.25) is 0 Å². The molecule has 2 N–H and O–H groups in total. The molecule has 2 heterocycles. The maximum absolute atomic E-state index is 4.06. The van der Waals surface area contributed by atoms with Gasteiger partial charge in [0.15, 0.2) is 0 Å². The number of nitrogens with zero attached hydrogens (tertiary/aromatic N) is 1. The molecular formula is C12H17N3. The summed E-state index contributed by atoms with van der Waals surface area (Å²) in [7, 11) is 0. The number of fused-ring (bicyclic) bond motifs is 1. The molecule has 1 aliphatic heterocycles. The van der Waals surface area contributed by atoms with Gasteiger partial charge in [-0.1, -0.05) is 12.1 Å². The van der Waals surface area contributed by atoms with Gasteiger partial charge in [-0.25, -0.2) is 4.98 Å². The molecule has 0 bridgehead atoms. The van der Waals surface area contributed by atoms with Crippen LogP contribution in [0.1, 0.15) is 19.8 Å². The Kier molecular flexibility index (Phi) is 3.35. The fourth-order valence-corrected chi connectivity index (χ4v) is 1.74. The molecule has 1 aromatic carbocycles. The molecule has 1 fully saturated rings. The Morgan fingerprint density at radius 3 is 2.80 bits per heavy atom. The lowest BCUT2D eigenvalue weighted by Crippen LogP contribution is -2.16. The number of aromatic nitrogens is 2. The van der Waals surface area contributed by atoms with Gasteiger partial charge >= 0.3 is 0 Å². The predicted molar refractivity (Wildman–Crippen MR) is 62.8 cm³/mol. The first-order valence-electron chi connectivity index (χ1n) is 5.48. The van der Waals surface area contributed by atoms with Gasteiger partial charge in [0.25, 0.3) is 0 Å². The monoisotopic (exact) mass is 203 g/mol. The van der Waals surface area contributed by atoms with Crippen molar-refractivity contribution in [2.45, 2.75) is 25.8 Å². The van der Waals surface area contributed by atoms with E-state index < -0.39 is 0 Å². The molecule has 3 heteroatoms. The van der Waals surface area contributed by atoms with Crippen LogP contribution in [0.15, 0.2) is 30.6 Å². The van der Waals surface area contributed by atoms with Crippen LogP contribution in [-0.4, -0.2) is 22.6 Å². The third-order valence-electron chi connectivity index (χ3n) is 2.63. The highest BCUT2D eigenvalue weighted by Crippen LogP contribution is 2.05. The summed E-state index contributed by atoms with van der Waals surface area (Å²) in [6.45, 7) is 3.47. The van der Waals surface area contributed by atoms with E-state index in [1.165, 1.54) is 19.4 Å². The zero-order valence-electron chi connectivity index (χ0n) is 9.03. The molecule has 1 aromatic heterocycles. The summed E-state index contributed by atoms with van der Waals surface area (Å²) in [6.07, 6.45) is 4.45. The van der Waals surface area contributed by atoms with Gasteiger partial charge in [-0.3, -0.25) is 0 Å². The summed E-state index contributed by atoms with van der Waals surface area (Å²) < 4.78 is 0. The van der Waals surface area contributed by atoms with Crippen LogP contribution in [-0.2, 0) is 0 Å². The maximum Gasteiger partial charge on any atom is 0.0931 e. The summed E-state index contributed by atoms with van der Waals surface area (Å²) in [6, 6.07) is 8.74. The molecule has 3 rings (SSSR count). The molecule has 0 amide bonds. The molecular weight excluding hydrogens is 186 g/mol. The van der Waals surface area contributed by atoms with Gasteiger partial charge < -0.3 is 10.3 Å². The number of aromatic amines is 1. The lowest BCUT2D eigenvalue weighted by atomic mass is 10.3. The molecule has 0 saturated carbocycles. The Labute approximate surface area is 89.9 Å². The van der Waals surface area contributed by atoms with Crippen molar-refractivity contribution in [2.24, 2.45) is 0 Å². The van der Waals surface area contributed by atoms with Crippen LogP contribution in [0.25, 0.3) is 11.0 Å². The Morgan fingerprint density at radius 1 is 1.33 bits per heavy atom. The second-order valence-corrected chi connectivity index (χ2v) is 3.92. The molecule has 2 aromatic rings. The van der Waals surface area contributed by atoms with E-state index in [4.69, 9.17) is 0 Å². The van der Waals surface area contributed by atoms with Crippen LogP contribution >= 0.6 is 0 Å². The number of rotatable bonds is 0. The average molecular weight is 203 g/mol. The van der Waals surface area contributed by atoms with Crippen molar-refractivity contribution < 1.29 is 0 Å². The average Bonchev–Trinajstić information content (AvgIpc) is 2.88. The molecule has 0 spiro atoms. The Hall–Kier alpha value is -1.35. The third kappa shape index (κ3) is 2.80. The fourth-order valence-electron chi connectivity index (χ4n) is 1.74. The lowest BCUT2D eigenvalue weighted by Gasteiger charge is -1.95. The summed E-state index contributed by atoms with van der Waals surface area (Å²) in [5, 5.41) is 3.32. The highest BCUT2D eigenvalue weighted by atomic mass is 14.9. The summed E-state index contributed by atoms with van der Waals surface area (Å²) in [5.74, 6) is 0. The minimum atomic E-state index is 0.796. The van der Waals surface area contributed by atoms with Crippen molar-refractivity contribution in [3.8, 4) is 0 Å². The molecule has 0 radical (unpaired) electrons. The SMILES string of the molecule is C[C@@H]1CCCN1.c1ccc2[nH]cnc2c1. The molecule has 3 nitrogen and oxygen atoms in total. The second kappa shape index (κ2) is 4.94. The van der Waals surface area contributed by atoms with Gasteiger partial charge in [0.05, 0.1) is 17.4 Å². The summed E-state index contributed by atoms with van der Waals surface area (Å²) in [5.41, 5.74) is 2.12. The minimum Gasteiger partial charge on any atom is -0.345 e. The first-order valence-corrected chi connectivity index (χ1v) is 5.48. The molecule has 1 aliphatic rings. The molecule has 80 valence electrons. The Morgan fingerprint density at radius 2 is 2.20 bits per heavy atom. The summed E-state index contributed by atoms with van der Waals surface area (Å²) >= 11 is 0. The topological polar surface area (TPSA) is 40.7 Å². The van der Waals surface area contributed by atoms with E-state index in [0.717, 1.165) is 17.1 Å². The second-order valence-electron chi connectivity index (χ2n) is 3.92. The van der Waals surface area contributed by atoms with Gasteiger partial charge in [0.1, 0.15) is 0 Å². The molecule has 0 unspecified atom stereocenters. The zero-order chi connectivity index (χ0) is 10.5. The van der Waals surface area contributed by atoms with Crippen molar-refractivity contribution >= 4 is 11.0 Å². The number of benzene rings is 1. The molecule has 1 atom stereocenters. The van der Waals surface area contributed by atoms with Crippen LogP contribution in [0, 0.1) is 0 Å². The largest absolute Gasteiger partial charge is 0.345 e. The van der Waals surface area contributed by atoms with Crippen LogP contribution < -0.4 is 5.32 Å². The number of hydrogen-bond acceptors (Lipinski definition) is 2. The normalized spacial score (nSPS) is 19.9. The number of H-pyrrole nitrogens is 1. The first kappa shape index (κ1) is 10.2. The fraction of sp³-hybridized carbons (Fsp3) is 0.417. The number of para-hydroxylation sites is 2. The quantitative estimate of drug-likeness (QED) is 0.690. The van der Waals surface area contributed by atoms with E-state index in [9.17, 15) is 0 Å². The smallest absolute Gasteiger partial charge is 0.0931 e. The zero-order valence-corrected chi connectivity index (χ0v) is 9.03.